The van der Waals surface area contributed by atoms with Crippen LogP contribution in [0.4, 0.5) is 17.6 Å². The van der Waals surface area contributed by atoms with E-state index in [1.54, 1.807) is 0 Å². The monoisotopic (exact) mass is 532 g/mol. The molecule has 1 saturated heterocycles. The minimum Gasteiger partial charge on any atom is -0.426 e. The Hall–Kier alpha value is -1.74. The van der Waals surface area contributed by atoms with E-state index in [9.17, 15) is 44.0 Å². The van der Waals surface area contributed by atoms with Crippen LogP contribution >= 0.6 is 0 Å². The zero-order valence-corrected chi connectivity index (χ0v) is 19.6. The number of hydrogen-bond donors (Lipinski definition) is 1. The van der Waals surface area contributed by atoms with Crippen LogP contribution in [0.5, 0.6) is 0 Å². The number of sulfonamides is 2. The van der Waals surface area contributed by atoms with Gasteiger partial charge in [0.2, 0.25) is 0 Å². The molecule has 5 aliphatic rings. The highest BCUT2D eigenvalue weighted by molar-refractivity contribution is 8.06. The van der Waals surface area contributed by atoms with Crippen LogP contribution in [0.25, 0.3) is 0 Å². The van der Waals surface area contributed by atoms with Gasteiger partial charge in [0.05, 0.1) is 0 Å². The number of amides is 1. The van der Waals surface area contributed by atoms with E-state index in [0.29, 0.717) is 67.3 Å². The molecule has 9 nitrogen and oxygen atoms in total. The second kappa shape index (κ2) is 8.43. The van der Waals surface area contributed by atoms with Crippen molar-refractivity contribution in [2.24, 2.45) is 17.8 Å². The molecule has 2 saturated carbocycles. The molecule has 0 aromatic carbocycles. The van der Waals surface area contributed by atoms with E-state index in [0.717, 1.165) is 6.42 Å². The number of nitrogens with zero attached hydrogens (tertiary/aromatic N) is 1. The van der Waals surface area contributed by atoms with Gasteiger partial charge in [-0.15, -0.1) is 0 Å². The number of carbonyl (C=O) groups is 2. The first-order valence-electron chi connectivity index (χ1n) is 10.9. The molecular formula is C19H24F4N2O7S2. The number of allylic oxidation sites excluding steroid dienone is 2. The Morgan fingerprint density at radius 2 is 1.38 bits per heavy atom. The summed E-state index contributed by atoms with van der Waals surface area (Å²) in [6, 6.07) is 0. The first kappa shape index (κ1) is 25.4. The SMILES string of the molecule is O=C(OC1=C2CC3CC(C2)CC1C3)C(F)(F)S(=O)(=O)NS(=O)(=O)C(F)(F)C(=O)N1CCCCC1. The smallest absolute Gasteiger partial charge is 0.426 e. The summed E-state index contributed by atoms with van der Waals surface area (Å²) in [5.41, 5.74) is 0.643. The molecule has 1 amide bonds. The lowest BCUT2D eigenvalue weighted by molar-refractivity contribution is -0.158. The summed E-state index contributed by atoms with van der Waals surface area (Å²) in [5.74, 6) is -4.51. The number of carbonyl (C=O) groups excluding carboxylic acids is 2. The average molecular weight is 533 g/mol. The van der Waals surface area contributed by atoms with Crippen LogP contribution in [0, 0.1) is 17.8 Å². The predicted octanol–water partition coefficient (Wildman–Crippen LogP) is 2.07. The van der Waals surface area contributed by atoms with Gasteiger partial charge in [0.15, 0.2) is 0 Å². The Kier molecular flexibility index (Phi) is 6.29. The van der Waals surface area contributed by atoms with E-state index in [-0.39, 0.29) is 28.9 Å². The third-order valence-corrected chi connectivity index (χ3v) is 10.4. The lowest BCUT2D eigenvalue weighted by atomic mass is 9.60. The normalized spacial score (nSPS) is 27.8. The van der Waals surface area contributed by atoms with E-state index in [1.807, 2.05) is 0 Å². The van der Waals surface area contributed by atoms with E-state index in [4.69, 9.17) is 4.74 Å². The molecule has 5 rings (SSSR count). The third kappa shape index (κ3) is 4.23. The number of halogens is 4. The molecule has 1 aliphatic heterocycles. The van der Waals surface area contributed by atoms with Crippen molar-refractivity contribution in [2.45, 2.75) is 61.9 Å². The van der Waals surface area contributed by atoms with Crippen molar-refractivity contribution in [1.82, 2.24) is 9.03 Å². The van der Waals surface area contributed by atoms with Crippen LogP contribution in [0.15, 0.2) is 11.3 Å². The summed E-state index contributed by atoms with van der Waals surface area (Å²) in [5, 5.41) is -10.9. The zero-order chi connectivity index (χ0) is 25.1. The van der Waals surface area contributed by atoms with Crippen molar-refractivity contribution in [3.63, 3.8) is 0 Å². The molecule has 0 aromatic heterocycles. The number of esters is 1. The van der Waals surface area contributed by atoms with Gasteiger partial charge in [0, 0.05) is 19.0 Å². The average Bonchev–Trinajstić information content (AvgIpc) is 2.74. The number of piperidine rings is 1. The Morgan fingerprint density at radius 1 is 0.853 bits per heavy atom. The molecule has 192 valence electrons. The molecule has 4 bridgehead atoms. The molecule has 1 heterocycles. The summed E-state index contributed by atoms with van der Waals surface area (Å²) in [7, 11) is -13.1. The number of ether oxygens (including phenoxy) is 1. The van der Waals surface area contributed by atoms with E-state index < -0.39 is 42.4 Å². The van der Waals surface area contributed by atoms with Gasteiger partial charge in [-0.3, -0.25) is 4.79 Å². The topological polar surface area (TPSA) is 127 Å². The highest BCUT2D eigenvalue weighted by Gasteiger charge is 2.62. The predicted molar refractivity (Wildman–Crippen MR) is 108 cm³/mol. The molecule has 0 spiro atoms. The second-order valence-electron chi connectivity index (χ2n) is 9.38. The van der Waals surface area contributed by atoms with Gasteiger partial charge in [0.1, 0.15) is 5.76 Å². The van der Waals surface area contributed by atoms with E-state index >= 15 is 0 Å². The summed E-state index contributed by atoms with van der Waals surface area (Å²) < 4.78 is 111. The van der Waals surface area contributed by atoms with Gasteiger partial charge < -0.3 is 9.64 Å². The van der Waals surface area contributed by atoms with Gasteiger partial charge in [0.25, 0.3) is 0 Å². The summed E-state index contributed by atoms with van der Waals surface area (Å²) in [6.07, 6.45) is 4.49. The van der Waals surface area contributed by atoms with Crippen LogP contribution in [-0.4, -0.2) is 57.2 Å². The van der Waals surface area contributed by atoms with Crippen molar-refractivity contribution in [3.05, 3.63) is 11.3 Å². The van der Waals surface area contributed by atoms with Crippen molar-refractivity contribution >= 4 is 31.9 Å². The third-order valence-electron chi connectivity index (χ3n) is 6.92. The van der Waals surface area contributed by atoms with Crippen LogP contribution in [0.3, 0.4) is 0 Å². The quantitative estimate of drug-likeness (QED) is 0.393. The van der Waals surface area contributed by atoms with Crippen LogP contribution in [0.2, 0.25) is 0 Å². The molecule has 34 heavy (non-hydrogen) atoms. The first-order chi connectivity index (χ1) is 15.7. The number of hydrogen-bond acceptors (Lipinski definition) is 7. The molecular weight excluding hydrogens is 508 g/mol. The van der Waals surface area contributed by atoms with Crippen molar-refractivity contribution in [1.29, 1.82) is 0 Å². The highest BCUT2D eigenvalue weighted by Crippen LogP contribution is 2.54. The fourth-order valence-corrected chi connectivity index (χ4v) is 8.06. The molecule has 3 fully saturated rings. The maximum atomic E-state index is 14.5. The standard InChI is InChI=1S/C19H24F4N2O7S2/c20-18(21,16(26)25-4-2-1-3-5-25)33(28,29)24-34(30,31)19(22,23)17(27)32-15-13-7-11-6-12(9-13)10-14(15)8-11/h11-13,24H,1-10H2. The molecule has 2 unspecified atom stereocenters. The van der Waals surface area contributed by atoms with Gasteiger partial charge in [-0.1, -0.05) is 4.13 Å². The Labute approximate surface area is 194 Å². The summed E-state index contributed by atoms with van der Waals surface area (Å²) >= 11 is 0. The van der Waals surface area contributed by atoms with Crippen molar-refractivity contribution in [2.75, 3.05) is 13.1 Å². The van der Waals surface area contributed by atoms with E-state index in [2.05, 4.69) is 0 Å². The maximum absolute atomic E-state index is 14.5. The van der Waals surface area contributed by atoms with Gasteiger partial charge in [-0.05, 0) is 68.8 Å². The number of likely N-dealkylation sites (tertiary alicyclic amines) is 1. The van der Waals surface area contributed by atoms with Crippen LogP contribution in [0.1, 0.15) is 51.4 Å². The van der Waals surface area contributed by atoms with Crippen molar-refractivity contribution in [3.8, 4) is 0 Å². The van der Waals surface area contributed by atoms with Gasteiger partial charge in [-0.2, -0.15) is 17.6 Å². The lowest BCUT2D eigenvalue weighted by Gasteiger charge is -2.46. The van der Waals surface area contributed by atoms with E-state index in [1.165, 1.54) is 0 Å². The Morgan fingerprint density at radius 3 is 1.91 bits per heavy atom. The van der Waals surface area contributed by atoms with Crippen molar-refractivity contribution < 1.29 is 48.7 Å². The Bertz CT molecular complexity index is 1120. The number of rotatable bonds is 7. The fraction of sp³-hybridized carbons (Fsp3) is 0.789. The first-order valence-corrected chi connectivity index (χ1v) is 13.9. The zero-order valence-electron chi connectivity index (χ0n) is 17.9. The molecule has 4 aliphatic carbocycles. The molecule has 15 heteroatoms. The fourth-order valence-electron chi connectivity index (χ4n) is 5.45. The largest absolute Gasteiger partial charge is 0.455 e. The second-order valence-corrected chi connectivity index (χ2v) is 13.1. The van der Waals surface area contributed by atoms with Crippen LogP contribution < -0.4 is 4.13 Å². The maximum Gasteiger partial charge on any atom is 0.455 e. The lowest BCUT2D eigenvalue weighted by Crippen LogP contribution is -2.57. The minimum absolute atomic E-state index is 0.0412. The highest BCUT2D eigenvalue weighted by atomic mass is 32.3. The molecule has 2 atom stereocenters. The van der Waals surface area contributed by atoms with Gasteiger partial charge >= 0.3 is 42.4 Å². The number of nitrogens with one attached hydrogen (secondary N) is 1. The number of alkyl halides is 4. The van der Waals surface area contributed by atoms with Crippen LogP contribution in [-0.2, 0) is 34.4 Å². The Balaban J connectivity index is 1.51. The summed E-state index contributed by atoms with van der Waals surface area (Å²) in [4.78, 5) is 24.7. The summed E-state index contributed by atoms with van der Waals surface area (Å²) in [6.45, 7) is -0.390. The molecule has 0 aromatic rings. The minimum atomic E-state index is -6.56. The van der Waals surface area contributed by atoms with Gasteiger partial charge in [-0.25, -0.2) is 21.6 Å². The molecule has 0 radical (unpaired) electrons. The molecule has 1 N–H and O–H groups in total.